The summed E-state index contributed by atoms with van der Waals surface area (Å²) >= 11 is 7.19. The molecule has 1 unspecified atom stereocenters. The predicted octanol–water partition coefficient (Wildman–Crippen LogP) is 5.74. The van der Waals surface area contributed by atoms with E-state index in [1.54, 1.807) is 13.0 Å². The van der Waals surface area contributed by atoms with Gasteiger partial charge in [-0.25, -0.2) is 0 Å². The van der Waals surface area contributed by atoms with Gasteiger partial charge in [0.25, 0.3) is 0 Å². The van der Waals surface area contributed by atoms with Gasteiger partial charge < -0.3 is 14.9 Å². The zero-order valence-electron chi connectivity index (χ0n) is 16.3. The number of phenols is 1. The molecule has 152 valence electrons. The molecule has 0 aliphatic rings. The molecule has 28 heavy (non-hydrogen) atoms. The quantitative estimate of drug-likeness (QED) is 0.448. The van der Waals surface area contributed by atoms with Crippen molar-refractivity contribution in [3.05, 3.63) is 56.0 Å². The normalized spacial score (nSPS) is 12.2. The molecule has 1 atom stereocenters. The maximum atomic E-state index is 11.8. The Morgan fingerprint density at radius 2 is 1.75 bits per heavy atom. The Morgan fingerprint density at radius 3 is 2.32 bits per heavy atom. The smallest absolute Gasteiger partial charge is 0.170 e. The molecule has 0 saturated carbocycles. The SMILES string of the molecule is CC(O)CCC(=O)COc1cc(Br)c(Cc2ccc(O)c(C(C)C)c2)c(Br)c1. The predicted molar refractivity (Wildman–Crippen MR) is 118 cm³/mol. The van der Waals surface area contributed by atoms with Crippen molar-refractivity contribution in [2.45, 2.75) is 52.1 Å². The number of benzene rings is 2. The van der Waals surface area contributed by atoms with Gasteiger partial charge in [-0.3, -0.25) is 4.79 Å². The van der Waals surface area contributed by atoms with Gasteiger partial charge in [-0.15, -0.1) is 0 Å². The number of carbonyl (C=O) groups is 1. The van der Waals surface area contributed by atoms with Crippen LogP contribution < -0.4 is 4.74 Å². The van der Waals surface area contributed by atoms with Crippen LogP contribution in [0.25, 0.3) is 0 Å². The van der Waals surface area contributed by atoms with E-state index in [2.05, 4.69) is 45.7 Å². The molecule has 2 aromatic rings. The van der Waals surface area contributed by atoms with Crippen LogP contribution in [0, 0.1) is 0 Å². The number of hydrogen-bond acceptors (Lipinski definition) is 4. The van der Waals surface area contributed by atoms with Crippen LogP contribution in [-0.2, 0) is 11.2 Å². The summed E-state index contributed by atoms with van der Waals surface area (Å²) in [5.41, 5.74) is 3.10. The zero-order valence-corrected chi connectivity index (χ0v) is 19.5. The van der Waals surface area contributed by atoms with Crippen molar-refractivity contribution < 1.29 is 19.7 Å². The molecule has 0 aromatic heterocycles. The van der Waals surface area contributed by atoms with E-state index in [0.717, 1.165) is 25.6 Å². The average molecular weight is 514 g/mol. The van der Waals surface area contributed by atoms with E-state index < -0.39 is 6.10 Å². The van der Waals surface area contributed by atoms with Gasteiger partial charge in [0, 0.05) is 15.4 Å². The molecular formula is C22H26Br2O4. The third kappa shape index (κ3) is 6.61. The number of carbonyl (C=O) groups excluding carboxylic acids is 1. The molecule has 0 bridgehead atoms. The lowest BCUT2D eigenvalue weighted by atomic mass is 9.96. The van der Waals surface area contributed by atoms with Gasteiger partial charge in [-0.2, -0.15) is 0 Å². The summed E-state index contributed by atoms with van der Waals surface area (Å²) < 4.78 is 7.37. The van der Waals surface area contributed by atoms with E-state index in [0.29, 0.717) is 30.8 Å². The number of phenolic OH excluding ortho intramolecular Hbond substituents is 1. The highest BCUT2D eigenvalue weighted by molar-refractivity contribution is 9.11. The molecule has 2 aromatic carbocycles. The van der Waals surface area contributed by atoms with Gasteiger partial charge >= 0.3 is 0 Å². The number of aromatic hydroxyl groups is 1. The zero-order chi connectivity index (χ0) is 20.8. The van der Waals surface area contributed by atoms with E-state index in [1.807, 2.05) is 24.3 Å². The Kier molecular flexibility index (Phi) is 8.53. The van der Waals surface area contributed by atoms with Gasteiger partial charge in [0.15, 0.2) is 5.78 Å². The first-order chi connectivity index (χ1) is 13.2. The number of aliphatic hydroxyl groups excluding tert-OH is 1. The number of Topliss-reactive ketones (excluding diaryl/α,β-unsaturated/α-hetero) is 1. The highest BCUT2D eigenvalue weighted by Crippen LogP contribution is 2.34. The number of ether oxygens (including phenoxy) is 1. The van der Waals surface area contributed by atoms with Crippen LogP contribution in [0.15, 0.2) is 39.3 Å². The largest absolute Gasteiger partial charge is 0.508 e. The van der Waals surface area contributed by atoms with Crippen LogP contribution in [0.5, 0.6) is 11.5 Å². The summed E-state index contributed by atoms with van der Waals surface area (Å²) in [5.74, 6) is 1.12. The summed E-state index contributed by atoms with van der Waals surface area (Å²) in [6.07, 6.45) is 0.952. The molecule has 2 N–H and O–H groups in total. The summed E-state index contributed by atoms with van der Waals surface area (Å²) in [5, 5.41) is 19.3. The van der Waals surface area contributed by atoms with Gasteiger partial charge in [0.1, 0.15) is 18.1 Å². The second kappa shape index (κ2) is 10.4. The molecule has 0 fully saturated rings. The molecule has 0 spiro atoms. The lowest BCUT2D eigenvalue weighted by molar-refractivity contribution is -0.121. The average Bonchev–Trinajstić information content (AvgIpc) is 2.62. The van der Waals surface area contributed by atoms with Gasteiger partial charge in [0.05, 0.1) is 6.10 Å². The van der Waals surface area contributed by atoms with Crippen molar-refractivity contribution in [2.24, 2.45) is 0 Å². The van der Waals surface area contributed by atoms with E-state index in [-0.39, 0.29) is 18.3 Å². The monoisotopic (exact) mass is 512 g/mol. The lowest BCUT2D eigenvalue weighted by Crippen LogP contribution is -2.13. The van der Waals surface area contributed by atoms with Crippen molar-refractivity contribution in [3.63, 3.8) is 0 Å². The standard InChI is InChI=1S/C22H26Br2O4/c1-13(2)18-8-15(5-7-22(18)27)9-19-20(23)10-17(11-21(19)24)28-12-16(26)6-4-14(3)25/h5,7-8,10-11,13-14,25,27H,4,6,9,12H2,1-3H3. The second-order valence-corrected chi connectivity index (χ2v) is 9.01. The van der Waals surface area contributed by atoms with Crippen LogP contribution in [0.4, 0.5) is 0 Å². The van der Waals surface area contributed by atoms with Gasteiger partial charge in [0.2, 0.25) is 0 Å². The first-order valence-electron chi connectivity index (χ1n) is 9.29. The van der Waals surface area contributed by atoms with Crippen molar-refractivity contribution in [2.75, 3.05) is 6.61 Å². The van der Waals surface area contributed by atoms with E-state index in [4.69, 9.17) is 4.74 Å². The molecule has 0 aliphatic heterocycles. The van der Waals surface area contributed by atoms with E-state index in [1.165, 1.54) is 0 Å². The maximum absolute atomic E-state index is 11.8. The molecule has 0 amide bonds. The van der Waals surface area contributed by atoms with Crippen LogP contribution in [-0.4, -0.2) is 28.7 Å². The second-order valence-electron chi connectivity index (χ2n) is 7.31. The summed E-state index contributed by atoms with van der Waals surface area (Å²) in [4.78, 5) is 11.8. The Labute approximate surface area is 183 Å². The number of ketones is 1. The first kappa shape index (κ1) is 22.9. The topological polar surface area (TPSA) is 66.8 Å². The highest BCUT2D eigenvalue weighted by atomic mass is 79.9. The molecule has 0 radical (unpaired) electrons. The van der Waals surface area contributed by atoms with Crippen LogP contribution >= 0.6 is 31.9 Å². The van der Waals surface area contributed by atoms with Gasteiger partial charge in [-0.1, -0.05) is 57.8 Å². The fourth-order valence-electron chi connectivity index (χ4n) is 2.82. The van der Waals surface area contributed by atoms with Crippen molar-refractivity contribution in [3.8, 4) is 11.5 Å². The number of rotatable bonds is 9. The molecule has 0 saturated heterocycles. The third-order valence-electron chi connectivity index (χ3n) is 4.45. The molecule has 0 heterocycles. The summed E-state index contributed by atoms with van der Waals surface area (Å²) in [7, 11) is 0. The van der Waals surface area contributed by atoms with Crippen LogP contribution in [0.1, 0.15) is 56.2 Å². The Balaban J connectivity index is 2.10. The maximum Gasteiger partial charge on any atom is 0.170 e. The Hall–Kier alpha value is -1.37. The highest BCUT2D eigenvalue weighted by Gasteiger charge is 2.13. The Morgan fingerprint density at radius 1 is 1.11 bits per heavy atom. The minimum absolute atomic E-state index is 0.0132. The fraction of sp³-hybridized carbons (Fsp3) is 0.409. The summed E-state index contributed by atoms with van der Waals surface area (Å²) in [6, 6.07) is 9.40. The number of hydrogen-bond donors (Lipinski definition) is 2. The van der Waals surface area contributed by atoms with Gasteiger partial charge in [-0.05, 0) is 60.6 Å². The van der Waals surface area contributed by atoms with Crippen LogP contribution in [0.3, 0.4) is 0 Å². The minimum Gasteiger partial charge on any atom is -0.508 e. The first-order valence-corrected chi connectivity index (χ1v) is 10.9. The third-order valence-corrected chi connectivity index (χ3v) is 5.87. The number of aliphatic hydroxyl groups is 1. The molecular weight excluding hydrogens is 488 g/mol. The fourth-order valence-corrected chi connectivity index (χ4v) is 4.24. The van der Waals surface area contributed by atoms with Crippen molar-refractivity contribution >= 4 is 37.6 Å². The number of halogens is 2. The van der Waals surface area contributed by atoms with E-state index in [9.17, 15) is 15.0 Å². The molecule has 0 aliphatic carbocycles. The lowest BCUT2D eigenvalue weighted by Gasteiger charge is -2.14. The van der Waals surface area contributed by atoms with E-state index >= 15 is 0 Å². The molecule has 6 heteroatoms. The van der Waals surface area contributed by atoms with Crippen LogP contribution in [0.2, 0.25) is 0 Å². The van der Waals surface area contributed by atoms with Crippen molar-refractivity contribution in [1.82, 2.24) is 0 Å². The Bertz CT molecular complexity index is 808. The molecule has 4 nitrogen and oxygen atoms in total. The molecule has 2 rings (SSSR count). The van der Waals surface area contributed by atoms with Crippen molar-refractivity contribution in [1.29, 1.82) is 0 Å². The minimum atomic E-state index is -0.484. The summed E-state index contributed by atoms with van der Waals surface area (Å²) in [6.45, 7) is 5.76.